The molecule has 0 radical (unpaired) electrons. The van der Waals surface area contributed by atoms with E-state index >= 15 is 0 Å². The van der Waals surface area contributed by atoms with Crippen LogP contribution in [0.4, 0.5) is 0 Å². The third kappa shape index (κ3) is 4.14. The van der Waals surface area contributed by atoms with Gasteiger partial charge in [-0.05, 0) is 47.8 Å². The summed E-state index contributed by atoms with van der Waals surface area (Å²) in [5, 5.41) is 20.6. The van der Waals surface area contributed by atoms with E-state index in [1.54, 1.807) is 30.6 Å². The Labute approximate surface area is 197 Å². The molecule has 2 aromatic carbocycles. The first-order chi connectivity index (χ1) is 15.7. The Hall–Kier alpha value is -3.14. The van der Waals surface area contributed by atoms with E-state index < -0.39 is 0 Å². The van der Waals surface area contributed by atoms with Crippen molar-refractivity contribution in [2.75, 3.05) is 7.11 Å². The fourth-order valence-electron chi connectivity index (χ4n) is 3.11. The number of methoxy groups -OCH3 is 1. The van der Waals surface area contributed by atoms with Crippen LogP contribution in [0.2, 0.25) is 5.02 Å². The van der Waals surface area contributed by atoms with Crippen LogP contribution in [0.5, 0.6) is 5.75 Å². The number of halogens is 1. The highest BCUT2D eigenvalue weighted by atomic mass is 35.5. The summed E-state index contributed by atoms with van der Waals surface area (Å²) >= 11 is 9.02. The van der Waals surface area contributed by atoms with Crippen molar-refractivity contribution in [2.45, 2.75) is 10.9 Å². The van der Waals surface area contributed by atoms with E-state index in [1.807, 2.05) is 58.5 Å². The fraction of sp³-hybridized carbons (Fsp3) is 0.0909. The fourth-order valence-corrected chi connectivity index (χ4v) is 4.71. The molecule has 0 saturated carbocycles. The second-order valence-electron chi connectivity index (χ2n) is 6.59. The molecule has 0 aliphatic heterocycles. The Morgan fingerprint density at radius 3 is 2.62 bits per heavy atom. The Kier molecular flexibility index (Phi) is 5.93. The topological polar surface area (TPSA) is 78.9 Å². The van der Waals surface area contributed by atoms with Crippen LogP contribution in [0, 0.1) is 0 Å². The standard InChI is InChI=1S/C22H16ClN5O2S2/c1-29-17-6-3-2-5-16(17)28-20(18-7-4-12-31-18)25-27-22(28)32-13-19-24-26-21(30-19)14-8-10-15(23)11-9-14/h2-12H,13H2,1H3. The molecule has 0 bridgehead atoms. The molecule has 0 aliphatic carbocycles. The minimum atomic E-state index is 0.443. The summed E-state index contributed by atoms with van der Waals surface area (Å²) in [4.78, 5) is 1.01. The Morgan fingerprint density at radius 2 is 1.84 bits per heavy atom. The number of nitrogens with zero attached hydrogens (tertiary/aromatic N) is 5. The largest absolute Gasteiger partial charge is 0.495 e. The maximum atomic E-state index is 5.95. The summed E-state index contributed by atoms with van der Waals surface area (Å²) in [6.07, 6.45) is 0. The van der Waals surface area contributed by atoms with Gasteiger partial charge in [-0.1, -0.05) is 41.6 Å². The molecule has 32 heavy (non-hydrogen) atoms. The van der Waals surface area contributed by atoms with E-state index in [0.29, 0.717) is 27.7 Å². The van der Waals surface area contributed by atoms with Crippen LogP contribution in [-0.4, -0.2) is 32.1 Å². The average molecular weight is 482 g/mol. The number of aromatic nitrogens is 5. The monoisotopic (exact) mass is 481 g/mol. The number of thiophene rings is 1. The van der Waals surface area contributed by atoms with Gasteiger partial charge >= 0.3 is 0 Å². The molecule has 5 rings (SSSR count). The number of thioether (sulfide) groups is 1. The molecule has 0 amide bonds. The summed E-state index contributed by atoms with van der Waals surface area (Å²) < 4.78 is 13.4. The zero-order valence-corrected chi connectivity index (χ0v) is 19.2. The highest BCUT2D eigenvalue weighted by Crippen LogP contribution is 2.35. The minimum Gasteiger partial charge on any atom is -0.495 e. The third-order valence-electron chi connectivity index (χ3n) is 4.58. The van der Waals surface area contributed by atoms with Crippen LogP contribution in [-0.2, 0) is 5.75 Å². The molecule has 3 aromatic heterocycles. The maximum absolute atomic E-state index is 5.95. The maximum Gasteiger partial charge on any atom is 0.247 e. The summed E-state index contributed by atoms with van der Waals surface area (Å²) in [6, 6.07) is 19.1. The molecule has 0 N–H and O–H groups in total. The molecule has 160 valence electrons. The van der Waals surface area contributed by atoms with Gasteiger partial charge in [0.15, 0.2) is 11.0 Å². The molecular weight excluding hydrogens is 466 g/mol. The quantitative estimate of drug-likeness (QED) is 0.264. The molecule has 3 heterocycles. The average Bonchev–Trinajstić information content (AvgIpc) is 3.58. The van der Waals surface area contributed by atoms with E-state index in [4.69, 9.17) is 20.8 Å². The summed E-state index contributed by atoms with van der Waals surface area (Å²) in [7, 11) is 1.65. The summed E-state index contributed by atoms with van der Waals surface area (Å²) in [6.45, 7) is 0. The van der Waals surface area contributed by atoms with Gasteiger partial charge in [-0.3, -0.25) is 4.57 Å². The summed E-state index contributed by atoms with van der Waals surface area (Å²) in [5.74, 6) is 2.86. The molecule has 0 atom stereocenters. The highest BCUT2D eigenvalue weighted by Gasteiger charge is 2.20. The first kappa shape index (κ1) is 20.7. The Balaban J connectivity index is 1.45. The van der Waals surface area contributed by atoms with Gasteiger partial charge in [0.1, 0.15) is 5.75 Å². The zero-order valence-electron chi connectivity index (χ0n) is 16.8. The van der Waals surface area contributed by atoms with Gasteiger partial charge in [-0.2, -0.15) is 0 Å². The van der Waals surface area contributed by atoms with Gasteiger partial charge in [-0.15, -0.1) is 31.7 Å². The molecule has 0 spiro atoms. The highest BCUT2D eigenvalue weighted by molar-refractivity contribution is 7.98. The molecule has 7 nitrogen and oxygen atoms in total. The van der Waals surface area contributed by atoms with Crippen molar-refractivity contribution in [2.24, 2.45) is 0 Å². The molecule has 10 heteroatoms. The number of ether oxygens (including phenoxy) is 1. The van der Waals surface area contributed by atoms with Crippen molar-refractivity contribution in [1.29, 1.82) is 0 Å². The molecule has 5 aromatic rings. The van der Waals surface area contributed by atoms with E-state index in [1.165, 1.54) is 11.8 Å². The second-order valence-corrected chi connectivity index (χ2v) is 8.91. The van der Waals surface area contributed by atoms with Crippen LogP contribution < -0.4 is 4.74 Å². The minimum absolute atomic E-state index is 0.443. The van der Waals surface area contributed by atoms with Crippen LogP contribution in [0.3, 0.4) is 0 Å². The van der Waals surface area contributed by atoms with Crippen molar-refractivity contribution in [3.05, 3.63) is 77.0 Å². The number of hydrogen-bond donors (Lipinski definition) is 0. The van der Waals surface area contributed by atoms with Crippen LogP contribution in [0.25, 0.3) is 27.8 Å². The number of rotatable bonds is 7. The number of hydrogen-bond acceptors (Lipinski definition) is 8. The van der Waals surface area contributed by atoms with Gasteiger partial charge in [0, 0.05) is 10.6 Å². The molecule has 0 saturated heterocycles. The first-order valence-corrected chi connectivity index (χ1v) is 11.8. The number of benzene rings is 2. The normalized spacial score (nSPS) is 11.1. The van der Waals surface area contributed by atoms with Crippen molar-refractivity contribution in [1.82, 2.24) is 25.0 Å². The third-order valence-corrected chi connectivity index (χ3v) is 6.62. The predicted molar refractivity (Wildman–Crippen MR) is 126 cm³/mol. The van der Waals surface area contributed by atoms with E-state index in [9.17, 15) is 0 Å². The second kappa shape index (κ2) is 9.15. The summed E-state index contributed by atoms with van der Waals surface area (Å²) in [5.41, 5.74) is 1.67. The van der Waals surface area contributed by atoms with Gasteiger partial charge in [0.2, 0.25) is 11.8 Å². The Morgan fingerprint density at radius 1 is 1.00 bits per heavy atom. The first-order valence-electron chi connectivity index (χ1n) is 9.57. The number of para-hydroxylation sites is 2. The molecular formula is C22H16ClN5O2S2. The van der Waals surface area contributed by atoms with Gasteiger partial charge in [0.05, 0.1) is 23.4 Å². The van der Waals surface area contributed by atoms with Crippen molar-refractivity contribution >= 4 is 34.7 Å². The van der Waals surface area contributed by atoms with Crippen molar-refractivity contribution < 1.29 is 9.15 Å². The van der Waals surface area contributed by atoms with Crippen molar-refractivity contribution in [3.8, 4) is 33.6 Å². The lowest BCUT2D eigenvalue weighted by Crippen LogP contribution is -2.01. The predicted octanol–water partition coefficient (Wildman–Crippen LogP) is 6.00. The van der Waals surface area contributed by atoms with Gasteiger partial charge in [0.25, 0.3) is 0 Å². The molecule has 0 unspecified atom stereocenters. The lowest BCUT2D eigenvalue weighted by molar-refractivity contribution is 0.412. The van der Waals surface area contributed by atoms with Crippen LogP contribution in [0.1, 0.15) is 5.89 Å². The lowest BCUT2D eigenvalue weighted by Gasteiger charge is -2.12. The van der Waals surface area contributed by atoms with E-state index in [2.05, 4.69) is 20.4 Å². The van der Waals surface area contributed by atoms with Crippen molar-refractivity contribution in [3.63, 3.8) is 0 Å². The Bertz CT molecular complexity index is 1330. The smallest absolute Gasteiger partial charge is 0.247 e. The van der Waals surface area contributed by atoms with Crippen LogP contribution >= 0.6 is 34.7 Å². The van der Waals surface area contributed by atoms with Gasteiger partial charge in [-0.25, -0.2) is 0 Å². The van der Waals surface area contributed by atoms with Crippen LogP contribution in [0.15, 0.2) is 75.6 Å². The lowest BCUT2D eigenvalue weighted by atomic mass is 10.2. The zero-order chi connectivity index (χ0) is 21.9. The SMILES string of the molecule is COc1ccccc1-n1c(SCc2nnc(-c3ccc(Cl)cc3)o2)nnc1-c1cccs1. The van der Waals surface area contributed by atoms with E-state index in [-0.39, 0.29) is 0 Å². The van der Waals surface area contributed by atoms with Gasteiger partial charge < -0.3 is 9.15 Å². The molecule has 0 aliphatic rings. The molecule has 0 fully saturated rings. The van der Waals surface area contributed by atoms with E-state index in [0.717, 1.165) is 27.7 Å².